The lowest BCUT2D eigenvalue weighted by atomic mass is 10.2. The second-order valence-electron chi connectivity index (χ2n) is 5.69. The van der Waals surface area contributed by atoms with Crippen molar-refractivity contribution in [2.24, 2.45) is 0 Å². The Labute approximate surface area is 155 Å². The van der Waals surface area contributed by atoms with Crippen LogP contribution in [0, 0.1) is 20.8 Å². The molecule has 0 fully saturated rings. The maximum absolute atomic E-state index is 11.9. The van der Waals surface area contributed by atoms with Crippen LogP contribution < -0.4 is 5.32 Å². The van der Waals surface area contributed by atoms with E-state index in [4.69, 9.17) is 4.74 Å². The van der Waals surface area contributed by atoms with Gasteiger partial charge in [-0.15, -0.1) is 11.3 Å². The Hall–Kier alpha value is -1.67. The first-order chi connectivity index (χ1) is 11.9. The summed E-state index contributed by atoms with van der Waals surface area (Å²) >= 11 is 2.95. The van der Waals surface area contributed by atoms with Gasteiger partial charge in [-0.25, -0.2) is 9.97 Å². The van der Waals surface area contributed by atoms with Crippen molar-refractivity contribution >= 4 is 45.2 Å². The van der Waals surface area contributed by atoms with Crippen molar-refractivity contribution in [2.75, 3.05) is 18.9 Å². The zero-order valence-electron chi connectivity index (χ0n) is 15.0. The summed E-state index contributed by atoms with van der Waals surface area (Å²) in [4.78, 5) is 34.5. The molecule has 0 saturated heterocycles. The Morgan fingerprint density at radius 3 is 2.72 bits per heavy atom. The van der Waals surface area contributed by atoms with Crippen molar-refractivity contribution in [1.82, 2.24) is 15.3 Å². The number of unbranched alkanes of at least 4 members (excludes halogenated alkanes) is 1. The number of esters is 1. The summed E-state index contributed by atoms with van der Waals surface area (Å²) in [5.41, 5.74) is 1.14. The second kappa shape index (κ2) is 9.15. The number of nitrogens with zero attached hydrogens (tertiary/aromatic N) is 2. The fraction of sp³-hybridized carbons (Fsp3) is 0.529. The maximum Gasteiger partial charge on any atom is 0.316 e. The summed E-state index contributed by atoms with van der Waals surface area (Å²) in [5.74, 6) is 0.100. The van der Waals surface area contributed by atoms with Crippen molar-refractivity contribution in [2.45, 2.75) is 45.6 Å². The number of aromatic nitrogens is 2. The minimum Gasteiger partial charge on any atom is -0.455 e. The van der Waals surface area contributed by atoms with Crippen molar-refractivity contribution in [1.29, 1.82) is 0 Å². The highest BCUT2D eigenvalue weighted by atomic mass is 32.2. The highest BCUT2D eigenvalue weighted by Crippen LogP contribution is 2.35. The molecule has 0 aliphatic heterocycles. The molecule has 1 amide bonds. The Morgan fingerprint density at radius 2 is 2.00 bits per heavy atom. The Bertz CT molecular complexity index is 774. The van der Waals surface area contributed by atoms with Crippen LogP contribution in [0.15, 0.2) is 5.03 Å². The highest BCUT2D eigenvalue weighted by molar-refractivity contribution is 8.00. The molecule has 2 rings (SSSR count). The van der Waals surface area contributed by atoms with Crippen LogP contribution in [0.25, 0.3) is 10.2 Å². The zero-order chi connectivity index (χ0) is 18.4. The molecule has 8 heteroatoms. The van der Waals surface area contributed by atoms with E-state index in [0.29, 0.717) is 12.4 Å². The third-order valence-corrected chi connectivity index (χ3v) is 5.70. The number of fused-ring (bicyclic) bond motifs is 1. The van der Waals surface area contributed by atoms with Gasteiger partial charge in [0.05, 0.1) is 5.75 Å². The summed E-state index contributed by atoms with van der Waals surface area (Å²) in [5, 5.41) is 4.50. The second-order valence-corrected chi connectivity index (χ2v) is 7.86. The van der Waals surface area contributed by atoms with Gasteiger partial charge in [-0.05, 0) is 32.8 Å². The molecule has 136 valence electrons. The van der Waals surface area contributed by atoms with Crippen LogP contribution in [-0.2, 0) is 14.3 Å². The Kier molecular flexibility index (Phi) is 7.19. The number of ether oxygens (including phenoxy) is 1. The van der Waals surface area contributed by atoms with Crippen LogP contribution in [0.5, 0.6) is 0 Å². The number of thioether (sulfide) groups is 1. The first-order valence-electron chi connectivity index (χ1n) is 8.21. The van der Waals surface area contributed by atoms with Gasteiger partial charge in [-0.3, -0.25) is 9.59 Å². The molecule has 0 saturated carbocycles. The quantitative estimate of drug-likeness (QED) is 0.327. The highest BCUT2D eigenvalue weighted by Gasteiger charge is 2.16. The number of amides is 1. The standard InChI is InChI=1S/C17H23N3O3S2/c1-5-6-7-18-13(21)8-23-14(22)9-24-16-15-10(2)11(3)25-17(15)20-12(4)19-16/h5-9H2,1-4H3,(H,18,21). The molecular weight excluding hydrogens is 358 g/mol. The van der Waals surface area contributed by atoms with E-state index >= 15 is 0 Å². The van der Waals surface area contributed by atoms with Crippen LogP contribution >= 0.6 is 23.1 Å². The molecule has 0 atom stereocenters. The smallest absolute Gasteiger partial charge is 0.316 e. The van der Waals surface area contributed by atoms with Crippen molar-refractivity contribution in [3.8, 4) is 0 Å². The van der Waals surface area contributed by atoms with Gasteiger partial charge < -0.3 is 10.1 Å². The Morgan fingerprint density at radius 1 is 1.24 bits per heavy atom. The van der Waals surface area contributed by atoms with Gasteiger partial charge >= 0.3 is 5.97 Å². The summed E-state index contributed by atoms with van der Waals surface area (Å²) < 4.78 is 5.02. The van der Waals surface area contributed by atoms with Crippen LogP contribution in [0.2, 0.25) is 0 Å². The number of hydrogen-bond donors (Lipinski definition) is 1. The number of carbonyl (C=O) groups is 2. The van der Waals surface area contributed by atoms with E-state index in [9.17, 15) is 9.59 Å². The first-order valence-corrected chi connectivity index (χ1v) is 10.0. The summed E-state index contributed by atoms with van der Waals surface area (Å²) in [6, 6.07) is 0. The monoisotopic (exact) mass is 381 g/mol. The van der Waals surface area contributed by atoms with E-state index in [1.165, 1.54) is 16.6 Å². The fourth-order valence-electron chi connectivity index (χ4n) is 2.19. The van der Waals surface area contributed by atoms with Crippen molar-refractivity contribution in [3.63, 3.8) is 0 Å². The summed E-state index contributed by atoms with van der Waals surface area (Å²) in [6.07, 6.45) is 1.92. The molecule has 0 radical (unpaired) electrons. The molecule has 0 bridgehead atoms. The van der Waals surface area contributed by atoms with Gasteiger partial charge in [0, 0.05) is 16.8 Å². The topological polar surface area (TPSA) is 81.2 Å². The van der Waals surface area contributed by atoms with E-state index in [0.717, 1.165) is 33.6 Å². The normalized spacial score (nSPS) is 10.9. The average molecular weight is 382 g/mol. The first kappa shape index (κ1) is 19.7. The number of thiophene rings is 1. The third-order valence-electron chi connectivity index (χ3n) is 3.65. The Balaban J connectivity index is 1.92. The van der Waals surface area contributed by atoms with Gasteiger partial charge in [0.15, 0.2) is 6.61 Å². The molecular formula is C17H23N3O3S2. The lowest BCUT2D eigenvalue weighted by Crippen LogP contribution is -2.29. The molecule has 25 heavy (non-hydrogen) atoms. The molecule has 0 aliphatic rings. The number of nitrogens with one attached hydrogen (secondary N) is 1. The maximum atomic E-state index is 11.9. The van der Waals surface area contributed by atoms with Gasteiger partial charge in [0.2, 0.25) is 0 Å². The molecule has 0 aromatic carbocycles. The largest absolute Gasteiger partial charge is 0.455 e. The van der Waals surface area contributed by atoms with E-state index in [1.54, 1.807) is 11.3 Å². The van der Waals surface area contributed by atoms with Crippen molar-refractivity contribution in [3.05, 3.63) is 16.3 Å². The van der Waals surface area contributed by atoms with Crippen LogP contribution in [0.4, 0.5) is 0 Å². The molecule has 0 spiro atoms. The minimum atomic E-state index is -0.426. The molecule has 0 unspecified atom stereocenters. The molecule has 2 heterocycles. The molecule has 2 aromatic rings. The van der Waals surface area contributed by atoms with E-state index in [-0.39, 0.29) is 18.3 Å². The van der Waals surface area contributed by atoms with Crippen molar-refractivity contribution < 1.29 is 14.3 Å². The number of aryl methyl sites for hydroxylation is 3. The summed E-state index contributed by atoms with van der Waals surface area (Å²) in [6.45, 7) is 8.35. The average Bonchev–Trinajstić information content (AvgIpc) is 2.85. The van der Waals surface area contributed by atoms with E-state index in [2.05, 4.69) is 22.2 Å². The molecule has 6 nitrogen and oxygen atoms in total. The van der Waals surface area contributed by atoms with Gasteiger partial charge in [-0.1, -0.05) is 25.1 Å². The summed E-state index contributed by atoms with van der Waals surface area (Å²) in [7, 11) is 0. The van der Waals surface area contributed by atoms with Gasteiger partial charge in [0.1, 0.15) is 15.7 Å². The predicted molar refractivity (Wildman–Crippen MR) is 101 cm³/mol. The SMILES string of the molecule is CCCCNC(=O)COC(=O)CSc1nc(C)nc2sc(C)c(C)c12. The zero-order valence-corrected chi connectivity index (χ0v) is 16.6. The van der Waals surface area contributed by atoms with E-state index in [1.807, 2.05) is 20.8 Å². The number of hydrogen-bond acceptors (Lipinski definition) is 7. The molecule has 1 N–H and O–H groups in total. The van der Waals surface area contributed by atoms with Gasteiger partial charge in [0.25, 0.3) is 5.91 Å². The van der Waals surface area contributed by atoms with Crippen LogP contribution in [-0.4, -0.2) is 40.7 Å². The minimum absolute atomic E-state index is 0.113. The van der Waals surface area contributed by atoms with Gasteiger partial charge in [-0.2, -0.15) is 0 Å². The van der Waals surface area contributed by atoms with E-state index < -0.39 is 5.97 Å². The number of carbonyl (C=O) groups excluding carboxylic acids is 2. The van der Waals surface area contributed by atoms with Crippen LogP contribution in [0.1, 0.15) is 36.0 Å². The van der Waals surface area contributed by atoms with Crippen LogP contribution in [0.3, 0.4) is 0 Å². The molecule has 2 aromatic heterocycles. The predicted octanol–water partition coefficient (Wildman–Crippen LogP) is 3.17. The fourth-order valence-corrected chi connectivity index (χ4v) is 4.26. The lowest BCUT2D eigenvalue weighted by molar-refractivity contribution is -0.145. The molecule has 0 aliphatic carbocycles. The lowest BCUT2D eigenvalue weighted by Gasteiger charge is -2.07. The number of rotatable bonds is 8. The third kappa shape index (κ3) is 5.40.